The third-order valence-electron chi connectivity index (χ3n) is 3.49. The van der Waals surface area contributed by atoms with Crippen LogP contribution in [-0.4, -0.2) is 31.1 Å². The molecule has 0 spiro atoms. The van der Waals surface area contributed by atoms with Gasteiger partial charge >= 0.3 is 0 Å². The fourth-order valence-electron chi connectivity index (χ4n) is 2.28. The lowest BCUT2D eigenvalue weighted by Crippen LogP contribution is -2.27. The lowest BCUT2D eigenvalue weighted by molar-refractivity contribution is 0.873. The van der Waals surface area contributed by atoms with Crippen LogP contribution >= 0.6 is 34.8 Å². The third kappa shape index (κ3) is 5.42. The Morgan fingerprint density at radius 3 is 2.39 bits per heavy atom. The van der Waals surface area contributed by atoms with Crippen LogP contribution in [0.5, 0.6) is 0 Å². The predicted molar refractivity (Wildman–Crippen MR) is 104 cm³/mol. The summed E-state index contributed by atoms with van der Waals surface area (Å²) in [4.78, 5) is 6.67. The Bertz CT molecular complexity index is 665. The smallest absolute Gasteiger partial charge is 0.0644 e. The molecule has 2 aromatic rings. The van der Waals surface area contributed by atoms with E-state index >= 15 is 0 Å². The number of alkyl halides is 2. The van der Waals surface area contributed by atoms with Gasteiger partial charge in [-0.05, 0) is 48.4 Å². The average Bonchev–Trinajstić information content (AvgIpc) is 2.53. The van der Waals surface area contributed by atoms with Crippen molar-refractivity contribution in [3.8, 4) is 0 Å². The minimum absolute atomic E-state index is 0.577. The number of anilines is 1. The molecule has 0 amide bonds. The van der Waals surface area contributed by atoms with Crippen molar-refractivity contribution in [1.29, 1.82) is 0 Å². The van der Waals surface area contributed by atoms with Gasteiger partial charge in [0.2, 0.25) is 0 Å². The van der Waals surface area contributed by atoms with Gasteiger partial charge < -0.3 is 4.90 Å². The fraction of sp³-hybridized carbons (Fsp3) is 0.278. The summed E-state index contributed by atoms with van der Waals surface area (Å²) in [6.07, 6.45) is 1.86. The SMILES string of the molecule is Cc1cc(N(CCCl)CCCl)ccc1C=Nc1cccc(Cl)c1. The van der Waals surface area contributed by atoms with Crippen molar-refractivity contribution in [3.63, 3.8) is 0 Å². The first-order valence-corrected chi connectivity index (χ1v) is 8.86. The number of aliphatic imine (C=N–C) groups is 1. The molecular formula is C18H19Cl3N2. The summed E-state index contributed by atoms with van der Waals surface area (Å²) in [6.45, 7) is 3.63. The van der Waals surface area contributed by atoms with Crippen LogP contribution in [0.2, 0.25) is 5.02 Å². The Morgan fingerprint density at radius 2 is 1.78 bits per heavy atom. The summed E-state index contributed by atoms with van der Waals surface area (Å²) in [5.74, 6) is 1.15. The minimum Gasteiger partial charge on any atom is -0.369 e. The quantitative estimate of drug-likeness (QED) is 0.452. The first-order chi connectivity index (χ1) is 11.1. The molecule has 0 unspecified atom stereocenters. The number of hydrogen-bond donors (Lipinski definition) is 0. The summed E-state index contributed by atoms with van der Waals surface area (Å²) in [7, 11) is 0. The molecular weight excluding hydrogens is 351 g/mol. The van der Waals surface area contributed by atoms with Crippen molar-refractivity contribution in [2.24, 2.45) is 4.99 Å². The molecule has 2 aromatic carbocycles. The average molecular weight is 370 g/mol. The van der Waals surface area contributed by atoms with E-state index in [9.17, 15) is 0 Å². The maximum Gasteiger partial charge on any atom is 0.0644 e. The van der Waals surface area contributed by atoms with Gasteiger partial charge in [-0.25, -0.2) is 0 Å². The van der Waals surface area contributed by atoms with E-state index in [0.29, 0.717) is 16.8 Å². The van der Waals surface area contributed by atoms with E-state index in [1.54, 1.807) is 0 Å². The Kier molecular flexibility index (Phi) is 7.22. The van der Waals surface area contributed by atoms with Crippen LogP contribution in [0.25, 0.3) is 0 Å². The van der Waals surface area contributed by atoms with Crippen molar-refractivity contribution < 1.29 is 0 Å². The maximum absolute atomic E-state index is 5.97. The molecule has 0 aliphatic carbocycles. The largest absolute Gasteiger partial charge is 0.369 e. The highest BCUT2D eigenvalue weighted by Gasteiger charge is 2.07. The second kappa shape index (κ2) is 9.17. The van der Waals surface area contributed by atoms with E-state index in [4.69, 9.17) is 34.8 Å². The Hall–Kier alpha value is -1.22. The summed E-state index contributed by atoms with van der Waals surface area (Å²) >= 11 is 17.7. The third-order valence-corrected chi connectivity index (χ3v) is 4.06. The summed E-state index contributed by atoms with van der Waals surface area (Å²) in [6, 6.07) is 13.8. The van der Waals surface area contributed by atoms with Gasteiger partial charge in [-0.15, -0.1) is 23.2 Å². The first kappa shape index (κ1) is 18.1. The number of nitrogens with zero attached hydrogens (tertiary/aromatic N) is 2. The topological polar surface area (TPSA) is 15.6 Å². The normalized spacial score (nSPS) is 11.1. The van der Waals surface area contributed by atoms with Gasteiger partial charge in [0.25, 0.3) is 0 Å². The molecule has 0 saturated carbocycles. The summed E-state index contributed by atoms with van der Waals surface area (Å²) in [5, 5.41) is 0.685. The number of aryl methyl sites for hydroxylation is 1. The van der Waals surface area contributed by atoms with Crippen LogP contribution in [0.3, 0.4) is 0 Å². The molecule has 23 heavy (non-hydrogen) atoms. The molecule has 0 atom stereocenters. The van der Waals surface area contributed by atoms with Gasteiger partial charge in [0.15, 0.2) is 0 Å². The molecule has 0 radical (unpaired) electrons. The van der Waals surface area contributed by atoms with Crippen LogP contribution in [0.15, 0.2) is 47.5 Å². The Balaban J connectivity index is 2.18. The predicted octanol–water partition coefficient (Wildman–Crippen LogP) is 5.68. The number of halogens is 3. The van der Waals surface area contributed by atoms with Crippen molar-refractivity contribution in [3.05, 3.63) is 58.6 Å². The Labute approximate surface area is 152 Å². The van der Waals surface area contributed by atoms with E-state index in [1.165, 1.54) is 0 Å². The molecule has 0 aliphatic heterocycles. The molecule has 0 bridgehead atoms. The molecule has 5 heteroatoms. The zero-order chi connectivity index (χ0) is 16.7. The Morgan fingerprint density at radius 1 is 1.04 bits per heavy atom. The zero-order valence-corrected chi connectivity index (χ0v) is 15.2. The van der Waals surface area contributed by atoms with E-state index in [-0.39, 0.29) is 0 Å². The van der Waals surface area contributed by atoms with Crippen molar-refractivity contribution >= 4 is 52.4 Å². The summed E-state index contributed by atoms with van der Waals surface area (Å²) in [5.41, 5.74) is 4.20. The maximum atomic E-state index is 5.97. The number of rotatable bonds is 7. The monoisotopic (exact) mass is 368 g/mol. The van der Waals surface area contributed by atoms with Crippen molar-refractivity contribution in [1.82, 2.24) is 0 Å². The standard InChI is InChI=1S/C18H19Cl3N2/c1-14-11-18(23(9-7-19)10-8-20)6-5-15(14)13-22-17-4-2-3-16(21)12-17/h2-6,11-13H,7-10H2,1H3. The van der Waals surface area contributed by atoms with Gasteiger partial charge in [-0.2, -0.15) is 0 Å². The first-order valence-electron chi connectivity index (χ1n) is 7.41. The number of hydrogen-bond acceptors (Lipinski definition) is 2. The molecule has 122 valence electrons. The molecule has 0 fully saturated rings. The lowest BCUT2D eigenvalue weighted by atomic mass is 10.1. The van der Waals surface area contributed by atoms with E-state index in [1.807, 2.05) is 30.5 Å². The summed E-state index contributed by atoms with van der Waals surface area (Å²) < 4.78 is 0. The van der Waals surface area contributed by atoms with E-state index in [0.717, 1.165) is 35.6 Å². The molecule has 0 heterocycles. The molecule has 2 nitrogen and oxygen atoms in total. The van der Waals surface area contributed by atoms with Crippen LogP contribution in [0, 0.1) is 6.92 Å². The molecule has 0 aliphatic rings. The van der Waals surface area contributed by atoms with Crippen LogP contribution in [-0.2, 0) is 0 Å². The zero-order valence-electron chi connectivity index (χ0n) is 13.0. The van der Waals surface area contributed by atoms with E-state index < -0.39 is 0 Å². The van der Waals surface area contributed by atoms with Crippen LogP contribution in [0.1, 0.15) is 11.1 Å². The van der Waals surface area contributed by atoms with Gasteiger partial charge in [-0.1, -0.05) is 23.7 Å². The molecule has 0 N–H and O–H groups in total. The van der Waals surface area contributed by atoms with Crippen LogP contribution < -0.4 is 4.90 Å². The van der Waals surface area contributed by atoms with Crippen molar-refractivity contribution in [2.75, 3.05) is 29.7 Å². The van der Waals surface area contributed by atoms with Gasteiger partial charge in [0.1, 0.15) is 0 Å². The second-order valence-corrected chi connectivity index (χ2v) is 6.34. The molecule has 0 aromatic heterocycles. The highest BCUT2D eigenvalue weighted by Crippen LogP contribution is 2.21. The highest BCUT2D eigenvalue weighted by molar-refractivity contribution is 6.30. The molecule has 0 saturated heterocycles. The fourth-order valence-corrected chi connectivity index (χ4v) is 2.87. The van der Waals surface area contributed by atoms with Crippen molar-refractivity contribution in [2.45, 2.75) is 6.92 Å². The van der Waals surface area contributed by atoms with E-state index in [2.05, 4.69) is 35.0 Å². The van der Waals surface area contributed by atoms with Gasteiger partial charge in [0, 0.05) is 41.8 Å². The highest BCUT2D eigenvalue weighted by atomic mass is 35.5. The lowest BCUT2D eigenvalue weighted by Gasteiger charge is -2.23. The second-order valence-electron chi connectivity index (χ2n) is 5.14. The van der Waals surface area contributed by atoms with Gasteiger partial charge in [-0.3, -0.25) is 4.99 Å². The molecule has 2 rings (SSSR count). The number of benzene rings is 2. The van der Waals surface area contributed by atoms with Gasteiger partial charge in [0.05, 0.1) is 5.69 Å². The minimum atomic E-state index is 0.577. The van der Waals surface area contributed by atoms with Crippen LogP contribution in [0.4, 0.5) is 11.4 Å².